The molecule has 7 heteroatoms. The molecule has 2 aromatic rings. The third kappa shape index (κ3) is 4.12. The molecule has 1 saturated heterocycles. The summed E-state index contributed by atoms with van der Waals surface area (Å²) in [5, 5.41) is 2.82. The van der Waals surface area contributed by atoms with E-state index in [1.165, 1.54) is 16.4 Å². The fraction of sp³-hybridized carbons (Fsp3) is 0.316. The molecular formula is C19H23N3O3S. The summed E-state index contributed by atoms with van der Waals surface area (Å²) < 4.78 is 26.9. The van der Waals surface area contributed by atoms with E-state index in [0.29, 0.717) is 24.3 Å². The zero-order valence-corrected chi connectivity index (χ0v) is 15.8. The predicted octanol–water partition coefficient (Wildman–Crippen LogP) is 2.18. The van der Waals surface area contributed by atoms with Crippen LogP contribution in [0.15, 0.2) is 53.4 Å². The second-order valence-corrected chi connectivity index (χ2v) is 8.49. The van der Waals surface area contributed by atoms with Crippen LogP contribution in [0, 0.1) is 6.92 Å². The van der Waals surface area contributed by atoms with Gasteiger partial charge in [0.2, 0.25) is 10.0 Å². The smallest absolute Gasteiger partial charge is 0.255 e. The summed E-state index contributed by atoms with van der Waals surface area (Å²) in [5.74, 6) is -0.265. The molecule has 6 nitrogen and oxygen atoms in total. The first-order valence-electron chi connectivity index (χ1n) is 8.53. The van der Waals surface area contributed by atoms with E-state index in [9.17, 15) is 13.2 Å². The number of rotatable bonds is 4. The first-order chi connectivity index (χ1) is 12.4. The molecule has 1 fully saturated rings. The van der Waals surface area contributed by atoms with Crippen molar-refractivity contribution in [3.63, 3.8) is 0 Å². The van der Waals surface area contributed by atoms with Crippen LogP contribution in [0.3, 0.4) is 0 Å². The van der Waals surface area contributed by atoms with Gasteiger partial charge >= 0.3 is 0 Å². The van der Waals surface area contributed by atoms with E-state index in [4.69, 9.17) is 0 Å². The van der Waals surface area contributed by atoms with Gasteiger partial charge in [-0.05, 0) is 55.9 Å². The summed E-state index contributed by atoms with van der Waals surface area (Å²) >= 11 is 0. The van der Waals surface area contributed by atoms with Gasteiger partial charge in [0.25, 0.3) is 5.91 Å². The molecule has 0 atom stereocenters. The third-order valence-corrected chi connectivity index (χ3v) is 6.41. The van der Waals surface area contributed by atoms with E-state index in [-0.39, 0.29) is 10.8 Å². The number of nitrogens with one attached hydrogen (secondary N) is 1. The van der Waals surface area contributed by atoms with E-state index in [1.54, 1.807) is 12.1 Å². The van der Waals surface area contributed by atoms with Crippen LogP contribution in [-0.2, 0) is 10.0 Å². The van der Waals surface area contributed by atoms with Gasteiger partial charge in [0, 0.05) is 37.4 Å². The van der Waals surface area contributed by atoms with Crippen molar-refractivity contribution in [1.29, 1.82) is 0 Å². The Morgan fingerprint density at radius 3 is 2.27 bits per heavy atom. The number of piperazine rings is 1. The number of carbonyl (C=O) groups is 1. The third-order valence-electron chi connectivity index (χ3n) is 4.49. The number of hydrogen-bond donors (Lipinski definition) is 1. The average molecular weight is 373 g/mol. The van der Waals surface area contributed by atoms with Crippen LogP contribution in [0.5, 0.6) is 0 Å². The SMILES string of the molecule is Cc1cccc(NC(=O)c2ccc(S(=O)(=O)N3CCN(C)CC3)cc2)c1. The second kappa shape index (κ2) is 7.57. The van der Waals surface area contributed by atoms with Crippen molar-refractivity contribution < 1.29 is 13.2 Å². The molecule has 2 aromatic carbocycles. The molecule has 0 unspecified atom stereocenters. The number of sulfonamides is 1. The molecule has 1 amide bonds. The molecule has 0 aromatic heterocycles. The van der Waals surface area contributed by atoms with Crippen LogP contribution < -0.4 is 5.32 Å². The lowest BCUT2D eigenvalue weighted by atomic mass is 10.2. The van der Waals surface area contributed by atoms with Gasteiger partial charge in [-0.15, -0.1) is 0 Å². The quantitative estimate of drug-likeness (QED) is 0.892. The molecule has 1 aliphatic heterocycles. The summed E-state index contributed by atoms with van der Waals surface area (Å²) in [7, 11) is -1.54. The van der Waals surface area contributed by atoms with Crippen molar-refractivity contribution >= 4 is 21.6 Å². The van der Waals surface area contributed by atoms with E-state index in [0.717, 1.165) is 18.7 Å². The number of carbonyl (C=O) groups excluding carboxylic acids is 1. The van der Waals surface area contributed by atoms with Gasteiger partial charge < -0.3 is 10.2 Å². The highest BCUT2D eigenvalue weighted by atomic mass is 32.2. The van der Waals surface area contributed by atoms with Gasteiger partial charge in [0.15, 0.2) is 0 Å². The minimum absolute atomic E-state index is 0.217. The normalized spacial score (nSPS) is 16.4. The molecule has 0 aliphatic carbocycles. The Morgan fingerprint density at radius 1 is 1.00 bits per heavy atom. The molecule has 0 spiro atoms. The lowest BCUT2D eigenvalue weighted by Crippen LogP contribution is -2.47. The van der Waals surface area contributed by atoms with Gasteiger partial charge in [-0.1, -0.05) is 12.1 Å². The number of hydrogen-bond acceptors (Lipinski definition) is 4. The fourth-order valence-electron chi connectivity index (χ4n) is 2.88. The van der Waals surface area contributed by atoms with Crippen LogP contribution in [0.4, 0.5) is 5.69 Å². The van der Waals surface area contributed by atoms with Crippen molar-refractivity contribution in [1.82, 2.24) is 9.21 Å². The zero-order chi connectivity index (χ0) is 18.7. The molecule has 1 heterocycles. The maximum absolute atomic E-state index is 12.7. The number of aryl methyl sites for hydroxylation is 1. The molecule has 138 valence electrons. The molecule has 0 saturated carbocycles. The number of benzene rings is 2. The minimum Gasteiger partial charge on any atom is -0.322 e. The van der Waals surface area contributed by atoms with E-state index >= 15 is 0 Å². The van der Waals surface area contributed by atoms with Crippen LogP contribution in [0.25, 0.3) is 0 Å². The number of anilines is 1. The second-order valence-electron chi connectivity index (χ2n) is 6.56. The summed E-state index contributed by atoms with van der Waals surface area (Å²) in [4.78, 5) is 14.7. The van der Waals surface area contributed by atoms with Crippen molar-refractivity contribution in [2.24, 2.45) is 0 Å². The van der Waals surface area contributed by atoms with Gasteiger partial charge in [-0.3, -0.25) is 4.79 Å². The Bertz CT molecular complexity index is 887. The van der Waals surface area contributed by atoms with Crippen LogP contribution in [-0.4, -0.2) is 56.8 Å². The van der Waals surface area contributed by atoms with Crippen LogP contribution >= 0.6 is 0 Å². The topological polar surface area (TPSA) is 69.7 Å². The Labute approximate surface area is 154 Å². The van der Waals surface area contributed by atoms with Gasteiger partial charge in [0.1, 0.15) is 0 Å². The summed E-state index contributed by atoms with van der Waals surface area (Å²) in [6, 6.07) is 13.6. The number of likely N-dealkylation sites (N-methyl/N-ethyl adjacent to an activating group) is 1. The first-order valence-corrected chi connectivity index (χ1v) is 9.97. The Hall–Kier alpha value is -2.22. The molecule has 1 aliphatic rings. The minimum atomic E-state index is -3.52. The van der Waals surface area contributed by atoms with Gasteiger partial charge in [-0.25, -0.2) is 8.42 Å². The summed E-state index contributed by atoms with van der Waals surface area (Å²) in [6.45, 7) is 4.35. The molecule has 3 rings (SSSR count). The zero-order valence-electron chi connectivity index (χ0n) is 15.0. The van der Waals surface area contributed by atoms with Crippen molar-refractivity contribution in [3.8, 4) is 0 Å². The van der Waals surface area contributed by atoms with E-state index < -0.39 is 10.0 Å². The number of amides is 1. The van der Waals surface area contributed by atoms with Crippen molar-refractivity contribution in [3.05, 3.63) is 59.7 Å². The average Bonchev–Trinajstić information content (AvgIpc) is 2.62. The highest BCUT2D eigenvalue weighted by molar-refractivity contribution is 7.89. The lowest BCUT2D eigenvalue weighted by molar-refractivity contribution is 0.102. The van der Waals surface area contributed by atoms with Crippen LogP contribution in [0.2, 0.25) is 0 Å². The molecule has 0 radical (unpaired) electrons. The summed E-state index contributed by atoms with van der Waals surface area (Å²) in [6.07, 6.45) is 0. The molecule has 1 N–H and O–H groups in total. The highest BCUT2D eigenvalue weighted by Crippen LogP contribution is 2.19. The van der Waals surface area contributed by atoms with Crippen molar-refractivity contribution in [2.45, 2.75) is 11.8 Å². The maximum atomic E-state index is 12.7. The summed E-state index contributed by atoms with van der Waals surface area (Å²) in [5.41, 5.74) is 2.18. The Morgan fingerprint density at radius 2 is 1.65 bits per heavy atom. The fourth-order valence-corrected chi connectivity index (χ4v) is 4.30. The highest BCUT2D eigenvalue weighted by Gasteiger charge is 2.27. The molecule has 26 heavy (non-hydrogen) atoms. The van der Waals surface area contributed by atoms with Gasteiger partial charge in [0.05, 0.1) is 4.90 Å². The van der Waals surface area contributed by atoms with Crippen LogP contribution in [0.1, 0.15) is 15.9 Å². The maximum Gasteiger partial charge on any atom is 0.255 e. The standard InChI is InChI=1S/C19H23N3O3S/c1-15-4-3-5-17(14-15)20-19(23)16-6-8-18(9-7-16)26(24,25)22-12-10-21(2)11-13-22/h3-9,14H,10-13H2,1-2H3,(H,20,23). The van der Waals surface area contributed by atoms with E-state index in [2.05, 4.69) is 10.2 Å². The number of nitrogens with zero attached hydrogens (tertiary/aromatic N) is 2. The van der Waals surface area contributed by atoms with Crippen molar-refractivity contribution in [2.75, 3.05) is 38.5 Å². The monoisotopic (exact) mass is 373 g/mol. The molecular weight excluding hydrogens is 350 g/mol. The van der Waals surface area contributed by atoms with E-state index in [1.807, 2.05) is 38.2 Å². The van der Waals surface area contributed by atoms with Gasteiger partial charge in [-0.2, -0.15) is 4.31 Å². The predicted molar refractivity (Wildman–Crippen MR) is 102 cm³/mol. The largest absolute Gasteiger partial charge is 0.322 e. The Balaban J connectivity index is 1.72. The Kier molecular flexibility index (Phi) is 5.41. The lowest BCUT2D eigenvalue weighted by Gasteiger charge is -2.31. The first kappa shape index (κ1) is 18.6. The molecule has 0 bridgehead atoms.